The molecular formula is C34H34O2Si2. The summed E-state index contributed by atoms with van der Waals surface area (Å²) < 4.78 is 13.0. The lowest BCUT2D eigenvalue weighted by Crippen LogP contribution is -2.38. The van der Waals surface area contributed by atoms with Gasteiger partial charge in [0.05, 0.1) is 0 Å². The predicted molar refractivity (Wildman–Crippen MR) is 164 cm³/mol. The first-order valence-electron chi connectivity index (χ1n) is 13.3. The van der Waals surface area contributed by atoms with Crippen molar-refractivity contribution in [2.75, 3.05) is 13.2 Å². The molecule has 0 amide bonds. The number of hydrogen-bond acceptors (Lipinski definition) is 2. The maximum absolute atomic E-state index is 6.50. The third kappa shape index (κ3) is 7.06. The molecule has 0 spiro atoms. The normalized spacial score (nSPS) is 11.8. The van der Waals surface area contributed by atoms with Gasteiger partial charge in [-0.25, -0.2) is 0 Å². The first-order valence-corrected chi connectivity index (χ1v) is 15.9. The molecule has 0 radical (unpaired) electrons. The van der Waals surface area contributed by atoms with E-state index < -0.39 is 19.5 Å². The van der Waals surface area contributed by atoms with Crippen LogP contribution in [-0.2, 0) is 8.85 Å². The van der Waals surface area contributed by atoms with E-state index in [-0.39, 0.29) is 11.8 Å². The Balaban J connectivity index is 1.23. The Morgan fingerprint density at radius 3 is 0.921 bits per heavy atom. The van der Waals surface area contributed by atoms with Crippen LogP contribution in [-0.4, -0.2) is 32.7 Å². The summed E-state index contributed by atoms with van der Waals surface area (Å²) >= 11 is 0. The molecule has 0 saturated carbocycles. The number of hydrogen-bond donors (Lipinski definition) is 0. The fourth-order valence-electron chi connectivity index (χ4n) is 4.92. The molecule has 0 aliphatic heterocycles. The van der Waals surface area contributed by atoms with Gasteiger partial charge in [0.2, 0.25) is 0 Å². The Kier molecular flexibility index (Phi) is 9.50. The molecule has 190 valence electrons. The summed E-state index contributed by atoms with van der Waals surface area (Å²) in [4.78, 5) is 0. The first-order chi connectivity index (χ1) is 18.9. The Morgan fingerprint density at radius 1 is 0.368 bits per heavy atom. The number of rotatable bonds is 12. The molecule has 5 rings (SSSR count). The van der Waals surface area contributed by atoms with Crippen molar-refractivity contribution in [2.24, 2.45) is 0 Å². The third-order valence-electron chi connectivity index (χ3n) is 7.01. The second-order valence-corrected chi connectivity index (χ2v) is 12.5. The van der Waals surface area contributed by atoms with E-state index in [0.29, 0.717) is 13.2 Å². The average molecular weight is 531 g/mol. The van der Waals surface area contributed by atoms with Crippen LogP contribution in [0.4, 0.5) is 0 Å². The summed E-state index contributed by atoms with van der Waals surface area (Å²) in [5.41, 5.74) is 5.19. The van der Waals surface area contributed by atoms with Gasteiger partial charge in [0.1, 0.15) is 0 Å². The monoisotopic (exact) mass is 530 g/mol. The molecule has 5 aromatic carbocycles. The Bertz CT molecular complexity index is 1180. The molecule has 0 aliphatic rings. The molecule has 0 fully saturated rings. The minimum absolute atomic E-state index is 0.239. The second kappa shape index (κ2) is 13.8. The van der Waals surface area contributed by atoms with Gasteiger partial charge in [0.25, 0.3) is 0 Å². The van der Waals surface area contributed by atoms with Crippen molar-refractivity contribution in [3.8, 4) is 0 Å². The van der Waals surface area contributed by atoms with Gasteiger partial charge >= 0.3 is 0 Å². The fraction of sp³-hybridized carbons (Fsp3) is 0.118. The zero-order chi connectivity index (χ0) is 25.8. The van der Waals surface area contributed by atoms with Crippen LogP contribution in [0.5, 0.6) is 0 Å². The SMILES string of the molecule is c1ccc(C(CO[SiH2]c2ccccc2[SiH2]OCC(c2ccccc2)c2ccccc2)c2ccccc2)cc1. The van der Waals surface area contributed by atoms with Crippen molar-refractivity contribution in [1.82, 2.24) is 0 Å². The standard InChI is InChI=1S/C34H34O2Si2/c1-5-15-27(16-6-1)31(28-17-7-2-8-18-28)25-35-37-33-23-13-14-24-34(33)38-36-26-32(29-19-9-3-10-20-29)30-21-11-4-12-22-30/h1-24,31-32H,25-26,37-38H2. The summed E-state index contributed by atoms with van der Waals surface area (Å²) in [6, 6.07) is 51.5. The Labute approximate surface area is 231 Å². The molecule has 0 aromatic heterocycles. The van der Waals surface area contributed by atoms with Crippen molar-refractivity contribution in [3.05, 3.63) is 168 Å². The highest BCUT2D eigenvalue weighted by Crippen LogP contribution is 2.25. The van der Waals surface area contributed by atoms with Gasteiger partial charge in [-0.2, -0.15) is 0 Å². The maximum atomic E-state index is 6.50. The van der Waals surface area contributed by atoms with Gasteiger partial charge < -0.3 is 8.85 Å². The molecule has 2 nitrogen and oxygen atoms in total. The summed E-state index contributed by atoms with van der Waals surface area (Å²) in [5, 5.41) is 2.74. The van der Waals surface area contributed by atoms with Crippen LogP contribution in [0.15, 0.2) is 146 Å². The largest absolute Gasteiger partial charge is 0.418 e. The lowest BCUT2D eigenvalue weighted by Gasteiger charge is -2.20. The van der Waals surface area contributed by atoms with Gasteiger partial charge in [0.15, 0.2) is 19.5 Å². The van der Waals surface area contributed by atoms with Crippen LogP contribution in [0, 0.1) is 0 Å². The molecular weight excluding hydrogens is 497 g/mol. The molecule has 0 saturated heterocycles. The summed E-state index contributed by atoms with van der Waals surface area (Å²) in [6.07, 6.45) is 0. The van der Waals surface area contributed by atoms with E-state index in [2.05, 4.69) is 146 Å². The second-order valence-electron chi connectivity index (χ2n) is 9.55. The highest BCUT2D eigenvalue weighted by molar-refractivity contribution is 6.61. The summed E-state index contributed by atoms with van der Waals surface area (Å²) in [7, 11) is -1.77. The van der Waals surface area contributed by atoms with Crippen LogP contribution in [0.25, 0.3) is 0 Å². The number of benzene rings is 5. The van der Waals surface area contributed by atoms with Gasteiger partial charge in [-0.15, -0.1) is 0 Å². The minimum atomic E-state index is -0.887. The van der Waals surface area contributed by atoms with Crippen LogP contribution in [0.1, 0.15) is 34.1 Å². The van der Waals surface area contributed by atoms with Crippen LogP contribution in [0.2, 0.25) is 0 Å². The fourth-order valence-corrected chi connectivity index (χ4v) is 7.75. The smallest absolute Gasteiger partial charge is 0.192 e. The van der Waals surface area contributed by atoms with E-state index >= 15 is 0 Å². The average Bonchev–Trinajstić information content (AvgIpc) is 3.00. The van der Waals surface area contributed by atoms with Crippen molar-refractivity contribution in [2.45, 2.75) is 11.8 Å². The van der Waals surface area contributed by atoms with Crippen molar-refractivity contribution in [1.29, 1.82) is 0 Å². The van der Waals surface area contributed by atoms with Gasteiger partial charge in [0, 0.05) is 25.0 Å². The molecule has 0 unspecified atom stereocenters. The van der Waals surface area contributed by atoms with Crippen molar-refractivity contribution < 1.29 is 8.85 Å². The van der Waals surface area contributed by atoms with Crippen molar-refractivity contribution in [3.63, 3.8) is 0 Å². The first kappa shape index (κ1) is 26.1. The van der Waals surface area contributed by atoms with E-state index in [4.69, 9.17) is 8.85 Å². The summed E-state index contributed by atoms with van der Waals surface area (Å²) in [5.74, 6) is 0.478. The van der Waals surface area contributed by atoms with Gasteiger partial charge in [-0.3, -0.25) is 0 Å². The lowest BCUT2D eigenvalue weighted by molar-refractivity contribution is 0.323. The van der Waals surface area contributed by atoms with E-state index in [0.717, 1.165) is 0 Å². The van der Waals surface area contributed by atoms with E-state index in [1.165, 1.54) is 32.6 Å². The molecule has 0 bridgehead atoms. The highest BCUT2D eigenvalue weighted by Gasteiger charge is 2.16. The van der Waals surface area contributed by atoms with Gasteiger partial charge in [-0.05, 0) is 32.6 Å². The van der Waals surface area contributed by atoms with E-state index in [1.807, 2.05) is 0 Å². The predicted octanol–water partition coefficient (Wildman–Crippen LogP) is 4.80. The zero-order valence-corrected chi connectivity index (χ0v) is 24.5. The Hall–Kier alpha value is -3.55. The van der Waals surface area contributed by atoms with E-state index in [1.54, 1.807) is 0 Å². The van der Waals surface area contributed by atoms with Gasteiger partial charge in [-0.1, -0.05) is 146 Å². The molecule has 38 heavy (non-hydrogen) atoms. The molecule has 0 N–H and O–H groups in total. The van der Waals surface area contributed by atoms with E-state index in [9.17, 15) is 0 Å². The maximum Gasteiger partial charge on any atom is 0.192 e. The topological polar surface area (TPSA) is 18.5 Å². The molecule has 0 atom stereocenters. The summed E-state index contributed by atoms with van der Waals surface area (Å²) in [6.45, 7) is 1.39. The molecule has 4 heteroatoms. The van der Waals surface area contributed by atoms with Crippen LogP contribution in [0.3, 0.4) is 0 Å². The Morgan fingerprint density at radius 2 is 0.632 bits per heavy atom. The molecule has 0 aliphatic carbocycles. The quantitative estimate of drug-likeness (QED) is 0.216. The van der Waals surface area contributed by atoms with Crippen LogP contribution < -0.4 is 10.4 Å². The van der Waals surface area contributed by atoms with Crippen molar-refractivity contribution >= 4 is 29.9 Å². The van der Waals surface area contributed by atoms with Crippen LogP contribution >= 0.6 is 0 Å². The zero-order valence-electron chi connectivity index (χ0n) is 21.7. The minimum Gasteiger partial charge on any atom is -0.418 e. The third-order valence-corrected chi connectivity index (χ3v) is 10.4. The molecule has 5 aromatic rings. The molecule has 0 heterocycles. The lowest BCUT2D eigenvalue weighted by atomic mass is 9.92. The highest BCUT2D eigenvalue weighted by atomic mass is 28.2.